The van der Waals surface area contributed by atoms with E-state index in [4.69, 9.17) is 4.74 Å². The Labute approximate surface area is 167 Å². The average molecular weight is 394 g/mol. The fourth-order valence-corrected chi connectivity index (χ4v) is 2.60. The lowest BCUT2D eigenvalue weighted by atomic mass is 10.2. The first kappa shape index (κ1) is 19.9. The highest BCUT2D eigenvalue weighted by Crippen LogP contribution is 2.23. The third-order valence-electron chi connectivity index (χ3n) is 4.08. The molecule has 0 aliphatic rings. The summed E-state index contributed by atoms with van der Waals surface area (Å²) in [6, 6.07) is 18.7. The van der Waals surface area contributed by atoms with Crippen LogP contribution in [0.25, 0.3) is 0 Å². The van der Waals surface area contributed by atoms with Gasteiger partial charge in [-0.2, -0.15) is 0 Å². The molecule has 0 bridgehead atoms. The van der Waals surface area contributed by atoms with Crippen LogP contribution in [0.3, 0.4) is 0 Å². The van der Waals surface area contributed by atoms with E-state index in [0.29, 0.717) is 22.7 Å². The number of benzene rings is 3. The molecule has 0 heterocycles. The molecule has 3 aromatic rings. The maximum atomic E-state index is 13.2. The van der Waals surface area contributed by atoms with Crippen LogP contribution in [0, 0.1) is 5.82 Å². The molecule has 0 radical (unpaired) electrons. The Morgan fingerprint density at radius 2 is 1.72 bits per heavy atom. The first-order chi connectivity index (χ1) is 13.9. The molecule has 7 heteroatoms. The van der Waals surface area contributed by atoms with Crippen LogP contribution >= 0.6 is 0 Å². The minimum atomic E-state index is -0.804. The van der Waals surface area contributed by atoms with Gasteiger partial charge in [0.05, 0.1) is 0 Å². The van der Waals surface area contributed by atoms with Gasteiger partial charge in [0.25, 0.3) is 0 Å². The van der Waals surface area contributed by atoms with Gasteiger partial charge in [-0.1, -0.05) is 24.3 Å². The molecule has 2 amide bonds. The van der Waals surface area contributed by atoms with Gasteiger partial charge in [0, 0.05) is 30.9 Å². The number of rotatable bonds is 5. The summed E-state index contributed by atoms with van der Waals surface area (Å²) in [6.45, 7) is 0.0966. The second-order valence-electron chi connectivity index (χ2n) is 6.33. The zero-order chi connectivity index (χ0) is 20.8. The highest BCUT2D eigenvalue weighted by Gasteiger charge is 2.19. The van der Waals surface area contributed by atoms with E-state index in [1.165, 1.54) is 36.2 Å². The van der Waals surface area contributed by atoms with Crippen molar-refractivity contribution in [3.63, 3.8) is 0 Å². The number of hydrogen-bond donors (Lipinski definition) is 2. The Balaban J connectivity index is 1.58. The van der Waals surface area contributed by atoms with Crippen molar-refractivity contribution in [2.75, 3.05) is 12.4 Å². The van der Waals surface area contributed by atoms with Crippen molar-refractivity contribution in [3.8, 4) is 17.2 Å². The van der Waals surface area contributed by atoms with Crippen LogP contribution in [0.1, 0.15) is 5.56 Å². The molecule has 0 aromatic heterocycles. The lowest BCUT2D eigenvalue weighted by molar-refractivity contribution is -0.142. The van der Waals surface area contributed by atoms with E-state index in [-0.39, 0.29) is 12.3 Å². The third-order valence-corrected chi connectivity index (χ3v) is 4.08. The normalized spacial score (nSPS) is 10.3. The van der Waals surface area contributed by atoms with Crippen molar-refractivity contribution in [2.45, 2.75) is 6.54 Å². The van der Waals surface area contributed by atoms with Crippen molar-refractivity contribution < 1.29 is 23.8 Å². The molecule has 0 aliphatic carbocycles. The fraction of sp³-hybridized carbons (Fsp3) is 0.0909. The summed E-state index contributed by atoms with van der Waals surface area (Å²) >= 11 is 0. The standard InChI is InChI=1S/C22H19FN2O4/c1-25(14-15-5-2-3-8-20(15)26)22(28)21(27)24-17-9-11-18(12-10-17)29-19-7-4-6-16(23)13-19/h2-13,26H,14H2,1H3,(H,24,27). The lowest BCUT2D eigenvalue weighted by Gasteiger charge is -2.17. The molecular formula is C22H19FN2O4. The second-order valence-corrected chi connectivity index (χ2v) is 6.33. The molecule has 0 unspecified atom stereocenters. The van der Waals surface area contributed by atoms with Gasteiger partial charge >= 0.3 is 11.8 Å². The zero-order valence-corrected chi connectivity index (χ0v) is 15.6. The number of hydrogen-bond acceptors (Lipinski definition) is 4. The Bertz CT molecular complexity index is 1020. The Morgan fingerprint density at radius 1 is 1.00 bits per heavy atom. The van der Waals surface area contributed by atoms with E-state index in [2.05, 4.69) is 5.32 Å². The molecule has 0 saturated carbocycles. The van der Waals surface area contributed by atoms with Crippen LogP contribution in [-0.2, 0) is 16.1 Å². The number of carbonyl (C=O) groups is 2. The van der Waals surface area contributed by atoms with E-state index in [1.807, 2.05) is 0 Å². The number of amides is 2. The first-order valence-electron chi connectivity index (χ1n) is 8.79. The fourth-order valence-electron chi connectivity index (χ4n) is 2.60. The maximum Gasteiger partial charge on any atom is 0.313 e. The van der Waals surface area contributed by atoms with E-state index < -0.39 is 17.6 Å². The number of halogens is 1. The maximum absolute atomic E-state index is 13.2. The number of aromatic hydroxyl groups is 1. The molecule has 3 aromatic carbocycles. The Morgan fingerprint density at radius 3 is 2.41 bits per heavy atom. The van der Waals surface area contributed by atoms with Gasteiger partial charge in [-0.3, -0.25) is 9.59 Å². The molecule has 0 saturated heterocycles. The number of nitrogens with zero attached hydrogens (tertiary/aromatic N) is 1. The number of phenols is 1. The van der Waals surface area contributed by atoms with Gasteiger partial charge in [0.2, 0.25) is 0 Å². The summed E-state index contributed by atoms with van der Waals surface area (Å²) in [6.07, 6.45) is 0. The van der Waals surface area contributed by atoms with Crippen molar-refractivity contribution in [2.24, 2.45) is 0 Å². The molecular weight excluding hydrogens is 375 g/mol. The molecule has 2 N–H and O–H groups in total. The van der Waals surface area contributed by atoms with E-state index in [0.717, 1.165) is 0 Å². The van der Waals surface area contributed by atoms with Gasteiger partial charge in [0.1, 0.15) is 23.1 Å². The Kier molecular flexibility index (Phi) is 6.09. The van der Waals surface area contributed by atoms with Crippen LogP contribution in [0.5, 0.6) is 17.2 Å². The van der Waals surface area contributed by atoms with Gasteiger partial charge in [0.15, 0.2) is 0 Å². The predicted octanol–water partition coefficient (Wildman–Crippen LogP) is 3.92. The van der Waals surface area contributed by atoms with Gasteiger partial charge in [-0.25, -0.2) is 4.39 Å². The lowest BCUT2D eigenvalue weighted by Crippen LogP contribution is -2.36. The minimum Gasteiger partial charge on any atom is -0.508 e. The number of phenolic OH excluding ortho intramolecular Hbond substituents is 1. The SMILES string of the molecule is CN(Cc1ccccc1O)C(=O)C(=O)Nc1ccc(Oc2cccc(F)c2)cc1. The Hall–Kier alpha value is -3.87. The summed E-state index contributed by atoms with van der Waals surface area (Å²) in [4.78, 5) is 25.7. The highest BCUT2D eigenvalue weighted by atomic mass is 19.1. The smallest absolute Gasteiger partial charge is 0.313 e. The van der Waals surface area contributed by atoms with Gasteiger partial charge in [-0.05, 0) is 42.5 Å². The second kappa shape index (κ2) is 8.88. The van der Waals surface area contributed by atoms with Crippen LogP contribution in [0.4, 0.5) is 10.1 Å². The molecule has 0 atom stereocenters. The van der Waals surface area contributed by atoms with E-state index >= 15 is 0 Å². The molecule has 3 rings (SSSR count). The average Bonchev–Trinajstić information content (AvgIpc) is 2.70. The number of carbonyl (C=O) groups excluding carboxylic acids is 2. The van der Waals surface area contributed by atoms with Crippen LogP contribution in [-0.4, -0.2) is 28.9 Å². The summed E-state index contributed by atoms with van der Waals surface area (Å²) < 4.78 is 18.7. The number of anilines is 1. The van der Waals surface area contributed by atoms with Crippen molar-refractivity contribution in [3.05, 3.63) is 84.2 Å². The van der Waals surface area contributed by atoms with Crippen molar-refractivity contribution in [1.29, 1.82) is 0 Å². The number of para-hydroxylation sites is 1. The molecule has 0 spiro atoms. The molecule has 0 aliphatic heterocycles. The van der Waals surface area contributed by atoms with Crippen LogP contribution in [0.2, 0.25) is 0 Å². The number of ether oxygens (including phenoxy) is 1. The highest BCUT2D eigenvalue weighted by molar-refractivity contribution is 6.39. The summed E-state index contributed by atoms with van der Waals surface area (Å²) in [5, 5.41) is 12.3. The molecule has 29 heavy (non-hydrogen) atoms. The monoisotopic (exact) mass is 394 g/mol. The zero-order valence-electron chi connectivity index (χ0n) is 15.6. The van der Waals surface area contributed by atoms with Crippen molar-refractivity contribution >= 4 is 17.5 Å². The third kappa shape index (κ3) is 5.32. The summed E-state index contributed by atoms with van der Waals surface area (Å²) in [5.41, 5.74) is 0.945. The van der Waals surface area contributed by atoms with Crippen LogP contribution < -0.4 is 10.1 Å². The van der Waals surface area contributed by atoms with E-state index in [1.54, 1.807) is 48.5 Å². The molecule has 148 valence electrons. The summed E-state index contributed by atoms with van der Waals surface area (Å²) in [5.74, 6) is -1.09. The largest absolute Gasteiger partial charge is 0.508 e. The molecule has 6 nitrogen and oxygen atoms in total. The molecule has 0 fully saturated rings. The van der Waals surface area contributed by atoms with Crippen LogP contribution in [0.15, 0.2) is 72.8 Å². The quantitative estimate of drug-likeness (QED) is 0.643. The minimum absolute atomic E-state index is 0.0569. The van der Waals surface area contributed by atoms with Crippen molar-refractivity contribution in [1.82, 2.24) is 4.90 Å². The number of likely N-dealkylation sites (N-methyl/N-ethyl adjacent to an activating group) is 1. The topological polar surface area (TPSA) is 78.9 Å². The van der Waals surface area contributed by atoms with E-state index in [9.17, 15) is 19.1 Å². The van der Waals surface area contributed by atoms with Gasteiger partial charge < -0.3 is 20.1 Å². The first-order valence-corrected chi connectivity index (χ1v) is 8.79. The van der Waals surface area contributed by atoms with Gasteiger partial charge in [-0.15, -0.1) is 0 Å². The predicted molar refractivity (Wildman–Crippen MR) is 106 cm³/mol. The summed E-state index contributed by atoms with van der Waals surface area (Å²) in [7, 11) is 1.48. The number of nitrogens with one attached hydrogen (secondary N) is 1.